The molecule has 0 aliphatic heterocycles. The van der Waals surface area contributed by atoms with E-state index in [0.29, 0.717) is 16.9 Å². The SMILES string of the molecule is [C-]#[N+]c1cn(C)c(C(=O)OCC)c1-c1ccc(-c2ccccc2O)cc1. The molecule has 2 aromatic carbocycles. The number of nitrogens with zero attached hydrogens (tertiary/aromatic N) is 2. The van der Waals surface area contributed by atoms with Crippen LogP contribution in [0.4, 0.5) is 5.69 Å². The van der Waals surface area contributed by atoms with Gasteiger partial charge in [-0.3, -0.25) is 0 Å². The third kappa shape index (κ3) is 3.05. The molecule has 0 saturated carbocycles. The molecule has 0 aliphatic rings. The van der Waals surface area contributed by atoms with Crippen molar-refractivity contribution >= 4 is 11.7 Å². The van der Waals surface area contributed by atoms with E-state index in [0.717, 1.165) is 16.7 Å². The molecule has 0 unspecified atom stereocenters. The highest BCUT2D eigenvalue weighted by Crippen LogP contribution is 2.37. The quantitative estimate of drug-likeness (QED) is 0.546. The van der Waals surface area contributed by atoms with E-state index >= 15 is 0 Å². The standard InChI is InChI=1S/C21H18N2O3/c1-4-26-21(25)20-19(17(22-2)13-23(20)3)15-11-9-14(10-12-15)16-7-5-6-8-18(16)24/h5-13,24H,4H2,1,3H3. The summed E-state index contributed by atoms with van der Waals surface area (Å²) in [4.78, 5) is 15.9. The van der Waals surface area contributed by atoms with Gasteiger partial charge in [0.2, 0.25) is 5.69 Å². The zero-order valence-corrected chi connectivity index (χ0v) is 14.6. The molecule has 0 atom stereocenters. The van der Waals surface area contributed by atoms with E-state index in [1.807, 2.05) is 36.4 Å². The zero-order chi connectivity index (χ0) is 18.7. The molecular formula is C21H18N2O3. The molecule has 0 aliphatic carbocycles. The molecule has 0 spiro atoms. The summed E-state index contributed by atoms with van der Waals surface area (Å²) in [5.74, 6) is -0.251. The van der Waals surface area contributed by atoms with Crippen LogP contribution in [0.25, 0.3) is 27.1 Å². The van der Waals surface area contributed by atoms with Crippen LogP contribution in [0.5, 0.6) is 5.75 Å². The number of ether oxygens (including phenoxy) is 1. The molecule has 5 nitrogen and oxygen atoms in total. The molecule has 0 fully saturated rings. The van der Waals surface area contributed by atoms with Crippen molar-refractivity contribution in [3.05, 3.63) is 71.8 Å². The van der Waals surface area contributed by atoms with Crippen LogP contribution in [-0.4, -0.2) is 22.2 Å². The highest BCUT2D eigenvalue weighted by atomic mass is 16.5. The van der Waals surface area contributed by atoms with E-state index in [1.54, 1.807) is 36.9 Å². The molecule has 0 bridgehead atoms. The number of aromatic hydroxyl groups is 1. The summed E-state index contributed by atoms with van der Waals surface area (Å²) in [6, 6.07) is 14.5. The van der Waals surface area contributed by atoms with Crippen molar-refractivity contribution < 1.29 is 14.6 Å². The van der Waals surface area contributed by atoms with Gasteiger partial charge in [0.05, 0.1) is 13.2 Å². The number of aryl methyl sites for hydroxylation is 1. The van der Waals surface area contributed by atoms with E-state index < -0.39 is 5.97 Å². The Kier molecular flexibility index (Phi) is 4.76. The number of carbonyl (C=O) groups excluding carboxylic acids is 1. The van der Waals surface area contributed by atoms with Crippen molar-refractivity contribution in [2.45, 2.75) is 6.92 Å². The van der Waals surface area contributed by atoms with E-state index in [9.17, 15) is 9.90 Å². The molecule has 0 saturated heterocycles. The molecule has 26 heavy (non-hydrogen) atoms. The van der Waals surface area contributed by atoms with Gasteiger partial charge in [-0.05, 0) is 24.1 Å². The van der Waals surface area contributed by atoms with Gasteiger partial charge in [0.15, 0.2) is 0 Å². The second kappa shape index (κ2) is 7.16. The van der Waals surface area contributed by atoms with Crippen molar-refractivity contribution in [2.24, 2.45) is 7.05 Å². The molecule has 1 aromatic heterocycles. The molecule has 3 rings (SSSR count). The van der Waals surface area contributed by atoms with Gasteiger partial charge in [0.1, 0.15) is 11.4 Å². The maximum Gasteiger partial charge on any atom is 0.354 e. The first kappa shape index (κ1) is 17.3. The average Bonchev–Trinajstić information content (AvgIpc) is 2.99. The lowest BCUT2D eigenvalue weighted by atomic mass is 9.99. The molecule has 0 radical (unpaired) electrons. The van der Waals surface area contributed by atoms with Gasteiger partial charge >= 0.3 is 5.97 Å². The average molecular weight is 346 g/mol. The van der Waals surface area contributed by atoms with Crippen LogP contribution in [0.1, 0.15) is 17.4 Å². The van der Waals surface area contributed by atoms with Crippen LogP contribution >= 0.6 is 0 Å². The molecule has 5 heteroatoms. The first-order valence-corrected chi connectivity index (χ1v) is 8.19. The number of phenols is 1. The van der Waals surface area contributed by atoms with E-state index in [4.69, 9.17) is 11.3 Å². The van der Waals surface area contributed by atoms with Gasteiger partial charge < -0.3 is 14.4 Å². The lowest BCUT2D eigenvalue weighted by Crippen LogP contribution is -2.10. The van der Waals surface area contributed by atoms with Crippen molar-refractivity contribution in [1.29, 1.82) is 0 Å². The number of carbonyl (C=O) groups is 1. The van der Waals surface area contributed by atoms with Crippen LogP contribution in [0.15, 0.2) is 54.7 Å². The third-order valence-electron chi connectivity index (χ3n) is 4.14. The van der Waals surface area contributed by atoms with Crippen molar-refractivity contribution in [3.8, 4) is 28.0 Å². The molecule has 3 aromatic rings. The lowest BCUT2D eigenvalue weighted by Gasteiger charge is -2.09. The predicted molar refractivity (Wildman–Crippen MR) is 100 cm³/mol. The van der Waals surface area contributed by atoms with Crippen molar-refractivity contribution in [3.63, 3.8) is 0 Å². The Morgan fingerprint density at radius 2 is 1.81 bits per heavy atom. The first-order chi connectivity index (χ1) is 12.6. The highest BCUT2D eigenvalue weighted by Gasteiger charge is 2.22. The minimum atomic E-state index is -0.454. The van der Waals surface area contributed by atoms with Crippen molar-refractivity contribution in [2.75, 3.05) is 6.61 Å². The number of benzene rings is 2. The van der Waals surface area contributed by atoms with E-state index in [2.05, 4.69) is 4.85 Å². The number of hydrogen-bond acceptors (Lipinski definition) is 3. The van der Waals surface area contributed by atoms with Crippen LogP contribution in [0, 0.1) is 6.57 Å². The van der Waals surface area contributed by atoms with Gasteiger partial charge in [-0.25, -0.2) is 9.64 Å². The Morgan fingerprint density at radius 3 is 2.42 bits per heavy atom. The topological polar surface area (TPSA) is 55.8 Å². The smallest absolute Gasteiger partial charge is 0.354 e. The number of esters is 1. The van der Waals surface area contributed by atoms with Gasteiger partial charge in [0.25, 0.3) is 0 Å². The maximum absolute atomic E-state index is 12.3. The summed E-state index contributed by atoms with van der Waals surface area (Å²) in [6.45, 7) is 9.43. The Morgan fingerprint density at radius 1 is 1.15 bits per heavy atom. The predicted octanol–water partition coefficient (Wildman–Crippen LogP) is 4.79. The second-order valence-corrected chi connectivity index (χ2v) is 5.78. The Labute approximate surface area is 151 Å². The summed E-state index contributed by atoms with van der Waals surface area (Å²) in [6.07, 6.45) is 1.63. The Bertz CT molecular complexity index is 995. The third-order valence-corrected chi connectivity index (χ3v) is 4.14. The molecule has 0 amide bonds. The number of hydrogen-bond donors (Lipinski definition) is 1. The van der Waals surface area contributed by atoms with Gasteiger partial charge in [-0.1, -0.05) is 42.5 Å². The van der Waals surface area contributed by atoms with Crippen LogP contribution < -0.4 is 0 Å². The number of rotatable bonds is 4. The fourth-order valence-corrected chi connectivity index (χ4v) is 2.96. The van der Waals surface area contributed by atoms with Crippen molar-refractivity contribution in [1.82, 2.24) is 4.57 Å². The van der Waals surface area contributed by atoms with E-state index in [-0.39, 0.29) is 12.4 Å². The summed E-state index contributed by atoms with van der Waals surface area (Å²) in [7, 11) is 1.72. The minimum absolute atomic E-state index is 0.203. The van der Waals surface area contributed by atoms with Crippen LogP contribution in [-0.2, 0) is 11.8 Å². The van der Waals surface area contributed by atoms with Gasteiger partial charge in [0, 0.05) is 24.4 Å². The lowest BCUT2D eigenvalue weighted by molar-refractivity contribution is 0.0516. The number of para-hydroxylation sites is 1. The summed E-state index contributed by atoms with van der Waals surface area (Å²) in [5, 5.41) is 10.0. The molecular weight excluding hydrogens is 328 g/mol. The summed E-state index contributed by atoms with van der Waals surface area (Å²) in [5.41, 5.74) is 3.63. The van der Waals surface area contributed by atoms with Gasteiger partial charge in [-0.15, -0.1) is 0 Å². The first-order valence-electron chi connectivity index (χ1n) is 8.19. The summed E-state index contributed by atoms with van der Waals surface area (Å²) >= 11 is 0. The molecule has 130 valence electrons. The van der Waals surface area contributed by atoms with Crippen LogP contribution in [0.2, 0.25) is 0 Å². The highest BCUT2D eigenvalue weighted by molar-refractivity contribution is 6.00. The number of phenolic OH excluding ortho intramolecular Hbond substituents is 1. The van der Waals surface area contributed by atoms with Crippen LogP contribution in [0.3, 0.4) is 0 Å². The fraction of sp³-hybridized carbons (Fsp3) is 0.143. The van der Waals surface area contributed by atoms with E-state index in [1.165, 1.54) is 0 Å². The molecule has 1 heterocycles. The largest absolute Gasteiger partial charge is 0.507 e. The zero-order valence-electron chi connectivity index (χ0n) is 14.6. The fourth-order valence-electron chi connectivity index (χ4n) is 2.96. The molecule has 1 N–H and O–H groups in total. The minimum Gasteiger partial charge on any atom is -0.507 e. The normalized spacial score (nSPS) is 10.3. The number of aromatic nitrogens is 1. The maximum atomic E-state index is 12.3. The Balaban J connectivity index is 2.09. The second-order valence-electron chi connectivity index (χ2n) is 5.78. The van der Waals surface area contributed by atoms with Gasteiger partial charge in [-0.2, -0.15) is 0 Å². The Hall–Kier alpha value is -3.52. The monoisotopic (exact) mass is 346 g/mol. The summed E-state index contributed by atoms with van der Waals surface area (Å²) < 4.78 is 6.76.